The Bertz CT molecular complexity index is 1290. The lowest BCUT2D eigenvalue weighted by atomic mass is 10.0. The second kappa shape index (κ2) is 6.91. The van der Waals surface area contributed by atoms with Crippen LogP contribution in [0, 0.1) is 13.8 Å². The summed E-state index contributed by atoms with van der Waals surface area (Å²) in [7, 11) is 1.86. The topological polar surface area (TPSA) is 83.2 Å². The van der Waals surface area contributed by atoms with E-state index < -0.39 is 0 Å². The number of amides is 1. The van der Waals surface area contributed by atoms with E-state index >= 15 is 0 Å². The Morgan fingerprint density at radius 2 is 1.90 bits per heavy atom. The van der Waals surface area contributed by atoms with Crippen LogP contribution in [0.15, 0.2) is 42.5 Å². The van der Waals surface area contributed by atoms with Crippen molar-refractivity contribution in [3.8, 4) is 22.6 Å². The van der Waals surface area contributed by atoms with Crippen LogP contribution in [0.5, 0.6) is 11.5 Å². The zero-order valence-corrected chi connectivity index (χ0v) is 17.0. The first-order valence-corrected chi connectivity index (χ1v) is 9.67. The van der Waals surface area contributed by atoms with Gasteiger partial charge in [0.2, 0.25) is 12.7 Å². The van der Waals surface area contributed by atoms with Gasteiger partial charge in [-0.3, -0.25) is 14.2 Å². The lowest BCUT2D eigenvalue weighted by Crippen LogP contribution is -2.20. The first-order chi connectivity index (χ1) is 14.5. The largest absolute Gasteiger partial charge is 0.454 e. The molecule has 0 bridgehead atoms. The molecule has 30 heavy (non-hydrogen) atoms. The minimum absolute atomic E-state index is 0.0993. The zero-order valence-electron chi connectivity index (χ0n) is 17.0. The van der Waals surface area contributed by atoms with E-state index in [4.69, 9.17) is 9.47 Å². The van der Waals surface area contributed by atoms with Crippen molar-refractivity contribution < 1.29 is 14.3 Å². The van der Waals surface area contributed by atoms with Crippen LogP contribution in [0.2, 0.25) is 0 Å². The van der Waals surface area contributed by atoms with Crippen LogP contribution in [0.3, 0.4) is 0 Å². The van der Waals surface area contributed by atoms with Crippen molar-refractivity contribution in [3.63, 3.8) is 0 Å². The van der Waals surface area contributed by atoms with E-state index in [0.717, 1.165) is 44.9 Å². The molecule has 2 aromatic carbocycles. The number of aromatic nitrogens is 4. The minimum atomic E-state index is -0.179. The van der Waals surface area contributed by atoms with Gasteiger partial charge in [-0.2, -0.15) is 10.2 Å². The number of anilines is 1. The van der Waals surface area contributed by atoms with Crippen LogP contribution >= 0.6 is 0 Å². The highest BCUT2D eigenvalue weighted by molar-refractivity contribution is 5.99. The lowest BCUT2D eigenvalue weighted by molar-refractivity contribution is -0.117. The highest BCUT2D eigenvalue weighted by atomic mass is 16.7. The molecule has 0 spiro atoms. The Balaban J connectivity index is 1.40. The number of ether oxygens (including phenoxy) is 2. The summed E-state index contributed by atoms with van der Waals surface area (Å²) in [5, 5.41) is 12.8. The zero-order chi connectivity index (χ0) is 20.8. The molecule has 152 valence electrons. The van der Waals surface area contributed by atoms with E-state index in [0.29, 0.717) is 5.82 Å². The average molecular weight is 403 g/mol. The molecule has 0 unspecified atom stereocenters. The smallest absolute Gasteiger partial charge is 0.247 e. The summed E-state index contributed by atoms with van der Waals surface area (Å²) in [6.45, 7) is 4.23. The number of aryl methyl sites for hydroxylation is 2. The summed E-state index contributed by atoms with van der Waals surface area (Å²) in [6, 6.07) is 13.6. The molecule has 0 aliphatic carbocycles. The number of hydrogen-bond donors (Lipinski definition) is 1. The number of nitrogens with zero attached hydrogens (tertiary/aromatic N) is 4. The van der Waals surface area contributed by atoms with Crippen LogP contribution in [0.4, 0.5) is 5.82 Å². The van der Waals surface area contributed by atoms with Crippen molar-refractivity contribution in [2.45, 2.75) is 20.4 Å². The molecule has 2 aromatic heterocycles. The number of para-hydroxylation sites is 1. The molecule has 0 saturated carbocycles. The van der Waals surface area contributed by atoms with Gasteiger partial charge in [-0.15, -0.1) is 0 Å². The Morgan fingerprint density at radius 1 is 1.10 bits per heavy atom. The van der Waals surface area contributed by atoms with Gasteiger partial charge >= 0.3 is 0 Å². The summed E-state index contributed by atoms with van der Waals surface area (Å²) in [5.74, 6) is 1.83. The van der Waals surface area contributed by atoms with Crippen LogP contribution < -0.4 is 14.8 Å². The Morgan fingerprint density at radius 3 is 2.77 bits per heavy atom. The monoisotopic (exact) mass is 403 g/mol. The lowest BCUT2D eigenvalue weighted by Gasteiger charge is -2.07. The Labute approximate surface area is 173 Å². The molecular weight excluding hydrogens is 382 g/mol. The van der Waals surface area contributed by atoms with Gasteiger partial charge < -0.3 is 14.8 Å². The summed E-state index contributed by atoms with van der Waals surface area (Å²) in [4.78, 5) is 12.7. The van der Waals surface area contributed by atoms with Gasteiger partial charge in [0.15, 0.2) is 17.3 Å². The maximum absolute atomic E-state index is 12.7. The molecule has 0 fully saturated rings. The molecule has 3 heterocycles. The number of carbonyl (C=O) groups is 1. The van der Waals surface area contributed by atoms with Crippen LogP contribution in [0.25, 0.3) is 22.0 Å². The molecule has 1 aliphatic heterocycles. The molecule has 0 atom stereocenters. The molecule has 0 saturated heterocycles. The quantitative estimate of drug-likeness (QED) is 0.565. The molecule has 8 nitrogen and oxygen atoms in total. The van der Waals surface area contributed by atoms with E-state index in [1.165, 1.54) is 0 Å². The molecule has 1 aliphatic rings. The van der Waals surface area contributed by atoms with E-state index in [1.807, 2.05) is 63.4 Å². The van der Waals surface area contributed by atoms with Crippen LogP contribution in [-0.2, 0) is 18.4 Å². The van der Waals surface area contributed by atoms with Crippen molar-refractivity contribution >= 4 is 22.6 Å². The fourth-order valence-electron chi connectivity index (χ4n) is 3.93. The Kier molecular flexibility index (Phi) is 4.20. The fourth-order valence-corrected chi connectivity index (χ4v) is 3.93. The van der Waals surface area contributed by atoms with Gasteiger partial charge in [0.05, 0.1) is 11.2 Å². The van der Waals surface area contributed by atoms with Crippen LogP contribution in [-0.4, -0.2) is 32.3 Å². The molecule has 0 radical (unpaired) electrons. The maximum atomic E-state index is 12.7. The molecule has 1 amide bonds. The van der Waals surface area contributed by atoms with Gasteiger partial charge in [-0.05, 0) is 43.7 Å². The number of benzene rings is 2. The predicted molar refractivity (Wildman–Crippen MR) is 113 cm³/mol. The van der Waals surface area contributed by atoms with E-state index in [9.17, 15) is 4.79 Å². The van der Waals surface area contributed by atoms with E-state index in [1.54, 1.807) is 9.36 Å². The number of rotatable bonds is 4. The molecular formula is C22H21N5O3. The van der Waals surface area contributed by atoms with Crippen molar-refractivity contribution in [1.82, 2.24) is 19.6 Å². The number of hydrogen-bond acceptors (Lipinski definition) is 5. The third-order valence-corrected chi connectivity index (χ3v) is 5.35. The van der Waals surface area contributed by atoms with Gasteiger partial charge in [0.1, 0.15) is 6.54 Å². The van der Waals surface area contributed by atoms with Crippen molar-refractivity contribution in [3.05, 3.63) is 53.9 Å². The second-order valence-corrected chi connectivity index (χ2v) is 7.31. The number of carbonyl (C=O) groups excluding carboxylic acids is 1. The standard InChI is InChI=1S/C22H21N5O3/c1-13-21(15-8-9-18-19(10-15)30-12-29-18)14(2)27(24-13)11-20(28)23-22-16-6-4-5-7-17(16)26(3)25-22/h4-10H,11-12H2,1-3H3,(H,23,25,28). The molecule has 4 aromatic rings. The van der Waals surface area contributed by atoms with Crippen molar-refractivity contribution in [2.75, 3.05) is 12.1 Å². The van der Waals surface area contributed by atoms with Crippen molar-refractivity contribution in [2.24, 2.45) is 7.05 Å². The van der Waals surface area contributed by atoms with Crippen molar-refractivity contribution in [1.29, 1.82) is 0 Å². The third-order valence-electron chi connectivity index (χ3n) is 5.35. The highest BCUT2D eigenvalue weighted by Gasteiger charge is 2.20. The SMILES string of the molecule is Cc1nn(CC(=O)Nc2nn(C)c3ccccc23)c(C)c1-c1ccc2c(c1)OCO2. The predicted octanol–water partition coefficient (Wildman–Crippen LogP) is 3.42. The first-order valence-electron chi connectivity index (χ1n) is 9.67. The summed E-state index contributed by atoms with van der Waals surface area (Å²) in [6.07, 6.45) is 0. The fraction of sp³-hybridized carbons (Fsp3) is 0.227. The number of fused-ring (bicyclic) bond motifs is 2. The average Bonchev–Trinajstić information content (AvgIpc) is 3.39. The van der Waals surface area contributed by atoms with Crippen LogP contribution in [0.1, 0.15) is 11.4 Å². The summed E-state index contributed by atoms with van der Waals surface area (Å²) >= 11 is 0. The highest BCUT2D eigenvalue weighted by Crippen LogP contribution is 2.37. The van der Waals surface area contributed by atoms with Gasteiger partial charge in [0, 0.05) is 23.7 Å². The molecule has 1 N–H and O–H groups in total. The second-order valence-electron chi connectivity index (χ2n) is 7.31. The molecule has 8 heteroatoms. The minimum Gasteiger partial charge on any atom is -0.454 e. The first kappa shape index (κ1) is 18.2. The maximum Gasteiger partial charge on any atom is 0.247 e. The van der Waals surface area contributed by atoms with E-state index in [2.05, 4.69) is 15.5 Å². The van der Waals surface area contributed by atoms with Gasteiger partial charge in [-0.25, -0.2) is 0 Å². The Hall–Kier alpha value is -3.81. The van der Waals surface area contributed by atoms with E-state index in [-0.39, 0.29) is 19.2 Å². The summed E-state index contributed by atoms with van der Waals surface area (Å²) in [5.41, 5.74) is 4.69. The third kappa shape index (κ3) is 2.97. The summed E-state index contributed by atoms with van der Waals surface area (Å²) < 4.78 is 14.4. The van der Waals surface area contributed by atoms with Gasteiger partial charge in [0.25, 0.3) is 0 Å². The normalized spacial score (nSPS) is 12.5. The number of nitrogens with one attached hydrogen (secondary N) is 1. The van der Waals surface area contributed by atoms with Gasteiger partial charge in [-0.1, -0.05) is 18.2 Å². The molecule has 5 rings (SSSR count).